The Labute approximate surface area is 119 Å². The van der Waals surface area contributed by atoms with Gasteiger partial charge < -0.3 is 15.2 Å². The number of hydrogen-bond acceptors (Lipinski definition) is 3. The fourth-order valence-electron chi connectivity index (χ4n) is 1.76. The molecule has 0 saturated heterocycles. The molecule has 20 heavy (non-hydrogen) atoms. The molecule has 0 fully saturated rings. The van der Waals surface area contributed by atoms with Crippen molar-refractivity contribution in [2.45, 2.75) is 39.2 Å². The van der Waals surface area contributed by atoms with E-state index in [0.29, 0.717) is 25.2 Å². The van der Waals surface area contributed by atoms with Crippen LogP contribution in [0.5, 0.6) is 5.75 Å². The summed E-state index contributed by atoms with van der Waals surface area (Å²) in [6, 6.07) is 2.46. The van der Waals surface area contributed by atoms with Gasteiger partial charge in [-0.2, -0.15) is 0 Å². The molecule has 5 heteroatoms. The minimum Gasteiger partial charge on any atom is -0.485 e. The summed E-state index contributed by atoms with van der Waals surface area (Å²) in [5, 5.41) is 0. The zero-order valence-corrected chi connectivity index (χ0v) is 12.1. The Morgan fingerprint density at radius 3 is 2.30 bits per heavy atom. The topological polar surface area (TPSA) is 44.5 Å². The molecule has 0 bridgehead atoms. The highest BCUT2D eigenvalue weighted by Crippen LogP contribution is 2.24. The first-order valence-corrected chi connectivity index (χ1v) is 7.02. The Bertz CT molecular complexity index is 390. The third-order valence-corrected chi connectivity index (χ3v) is 2.90. The molecular weight excluding hydrogens is 264 g/mol. The second-order valence-electron chi connectivity index (χ2n) is 4.72. The first-order chi connectivity index (χ1) is 9.58. The van der Waals surface area contributed by atoms with Crippen molar-refractivity contribution in [3.63, 3.8) is 0 Å². The lowest BCUT2D eigenvalue weighted by atomic mass is 10.0. The zero-order chi connectivity index (χ0) is 15.0. The molecule has 0 heterocycles. The van der Waals surface area contributed by atoms with Crippen LogP contribution < -0.4 is 10.5 Å². The van der Waals surface area contributed by atoms with Crippen LogP contribution in [0.3, 0.4) is 0 Å². The van der Waals surface area contributed by atoms with E-state index < -0.39 is 11.6 Å². The molecule has 0 aliphatic rings. The molecular formula is C15H23F2NO2. The molecule has 0 aliphatic heterocycles. The molecule has 1 rings (SSSR count). The Morgan fingerprint density at radius 1 is 1.10 bits per heavy atom. The summed E-state index contributed by atoms with van der Waals surface area (Å²) in [5.74, 6) is -1.74. The predicted octanol–water partition coefficient (Wildman–Crippen LogP) is 3.05. The van der Waals surface area contributed by atoms with Crippen molar-refractivity contribution >= 4 is 0 Å². The van der Waals surface area contributed by atoms with E-state index in [2.05, 4.69) is 0 Å². The van der Waals surface area contributed by atoms with Crippen LogP contribution in [0.15, 0.2) is 12.1 Å². The van der Waals surface area contributed by atoms with E-state index in [1.165, 1.54) is 12.1 Å². The molecule has 0 radical (unpaired) electrons. The van der Waals surface area contributed by atoms with Crippen molar-refractivity contribution in [1.29, 1.82) is 0 Å². The van der Waals surface area contributed by atoms with Gasteiger partial charge in [0.2, 0.25) is 0 Å². The minimum absolute atomic E-state index is 0.0944. The SMILES string of the molecule is CCCOCCOc1c(F)cc(CC(N)CC)cc1F. The average molecular weight is 287 g/mol. The van der Waals surface area contributed by atoms with Crippen molar-refractivity contribution in [2.75, 3.05) is 19.8 Å². The Balaban J connectivity index is 2.59. The van der Waals surface area contributed by atoms with Crippen LogP contribution in [0.2, 0.25) is 0 Å². The number of hydrogen-bond donors (Lipinski definition) is 1. The molecule has 0 saturated carbocycles. The van der Waals surface area contributed by atoms with Gasteiger partial charge in [0.05, 0.1) is 6.61 Å². The maximum Gasteiger partial charge on any atom is 0.190 e. The summed E-state index contributed by atoms with van der Waals surface area (Å²) in [7, 11) is 0. The second-order valence-corrected chi connectivity index (χ2v) is 4.72. The van der Waals surface area contributed by atoms with E-state index in [9.17, 15) is 8.78 Å². The van der Waals surface area contributed by atoms with Gasteiger partial charge in [-0.15, -0.1) is 0 Å². The molecule has 2 N–H and O–H groups in total. The third kappa shape index (κ3) is 5.43. The second kappa shape index (κ2) is 8.87. The average Bonchev–Trinajstić information content (AvgIpc) is 2.41. The largest absolute Gasteiger partial charge is 0.485 e. The van der Waals surface area contributed by atoms with Gasteiger partial charge in [-0.1, -0.05) is 13.8 Å². The number of rotatable bonds is 9. The first kappa shape index (κ1) is 16.9. The van der Waals surface area contributed by atoms with Gasteiger partial charge >= 0.3 is 0 Å². The molecule has 1 atom stereocenters. The van der Waals surface area contributed by atoms with Crippen LogP contribution in [-0.2, 0) is 11.2 Å². The number of benzene rings is 1. The van der Waals surface area contributed by atoms with Crippen molar-refractivity contribution in [3.05, 3.63) is 29.3 Å². The van der Waals surface area contributed by atoms with Crippen molar-refractivity contribution in [2.24, 2.45) is 5.73 Å². The van der Waals surface area contributed by atoms with E-state index in [1.54, 1.807) is 0 Å². The van der Waals surface area contributed by atoms with Gasteiger partial charge in [-0.25, -0.2) is 8.78 Å². The highest BCUT2D eigenvalue weighted by molar-refractivity contribution is 5.31. The lowest BCUT2D eigenvalue weighted by Crippen LogP contribution is -2.21. The van der Waals surface area contributed by atoms with Gasteiger partial charge in [0.25, 0.3) is 0 Å². The van der Waals surface area contributed by atoms with E-state index in [0.717, 1.165) is 12.8 Å². The molecule has 3 nitrogen and oxygen atoms in total. The molecule has 0 aliphatic carbocycles. The van der Waals surface area contributed by atoms with E-state index >= 15 is 0 Å². The zero-order valence-electron chi connectivity index (χ0n) is 12.1. The Morgan fingerprint density at radius 2 is 1.75 bits per heavy atom. The fourth-order valence-corrected chi connectivity index (χ4v) is 1.76. The minimum atomic E-state index is -0.696. The van der Waals surface area contributed by atoms with Gasteiger partial charge in [0, 0.05) is 12.6 Å². The monoisotopic (exact) mass is 287 g/mol. The number of nitrogens with two attached hydrogens (primary N) is 1. The Hall–Kier alpha value is -1.20. The van der Waals surface area contributed by atoms with Crippen LogP contribution in [0.25, 0.3) is 0 Å². The maximum absolute atomic E-state index is 13.8. The van der Waals surface area contributed by atoms with Gasteiger partial charge in [0.1, 0.15) is 6.61 Å². The van der Waals surface area contributed by atoms with Crippen molar-refractivity contribution in [1.82, 2.24) is 0 Å². The molecule has 0 aromatic heterocycles. The van der Waals surface area contributed by atoms with Crippen LogP contribution >= 0.6 is 0 Å². The lowest BCUT2D eigenvalue weighted by molar-refractivity contribution is 0.0975. The third-order valence-electron chi connectivity index (χ3n) is 2.90. The summed E-state index contributed by atoms with van der Waals surface area (Å²) >= 11 is 0. The number of halogens is 2. The summed E-state index contributed by atoms with van der Waals surface area (Å²) < 4.78 is 37.9. The normalized spacial score (nSPS) is 12.4. The van der Waals surface area contributed by atoms with Gasteiger partial charge in [0.15, 0.2) is 17.4 Å². The smallest absolute Gasteiger partial charge is 0.190 e. The summed E-state index contributed by atoms with van der Waals surface area (Å²) in [6.45, 7) is 4.98. The Kier molecular flexibility index (Phi) is 7.47. The summed E-state index contributed by atoms with van der Waals surface area (Å²) in [4.78, 5) is 0. The maximum atomic E-state index is 13.8. The van der Waals surface area contributed by atoms with Crippen molar-refractivity contribution < 1.29 is 18.3 Å². The fraction of sp³-hybridized carbons (Fsp3) is 0.600. The highest BCUT2D eigenvalue weighted by Gasteiger charge is 2.14. The standard InChI is InChI=1S/C15H23F2NO2/c1-3-5-19-6-7-20-15-13(16)9-11(10-14(15)17)8-12(18)4-2/h9-10,12H,3-8,18H2,1-2H3. The quantitative estimate of drug-likeness (QED) is 0.710. The molecule has 0 spiro atoms. The first-order valence-electron chi connectivity index (χ1n) is 7.02. The van der Waals surface area contributed by atoms with E-state index in [1.807, 2.05) is 13.8 Å². The predicted molar refractivity (Wildman–Crippen MR) is 74.9 cm³/mol. The van der Waals surface area contributed by atoms with Gasteiger partial charge in [-0.05, 0) is 37.0 Å². The van der Waals surface area contributed by atoms with Crippen LogP contribution in [-0.4, -0.2) is 25.9 Å². The van der Waals surface area contributed by atoms with Crippen molar-refractivity contribution in [3.8, 4) is 5.75 Å². The lowest BCUT2D eigenvalue weighted by Gasteiger charge is -2.12. The summed E-state index contributed by atoms with van der Waals surface area (Å²) in [5.41, 5.74) is 6.32. The molecule has 1 aromatic rings. The highest BCUT2D eigenvalue weighted by atomic mass is 19.1. The van der Waals surface area contributed by atoms with Crippen LogP contribution in [0, 0.1) is 11.6 Å². The van der Waals surface area contributed by atoms with E-state index in [-0.39, 0.29) is 18.4 Å². The van der Waals surface area contributed by atoms with E-state index in [4.69, 9.17) is 15.2 Å². The van der Waals surface area contributed by atoms with Crippen LogP contribution in [0.1, 0.15) is 32.3 Å². The van der Waals surface area contributed by atoms with Gasteiger partial charge in [-0.3, -0.25) is 0 Å². The molecule has 114 valence electrons. The summed E-state index contributed by atoms with van der Waals surface area (Å²) in [6.07, 6.45) is 2.11. The van der Waals surface area contributed by atoms with Crippen LogP contribution in [0.4, 0.5) is 8.78 Å². The number of ether oxygens (including phenoxy) is 2. The molecule has 1 unspecified atom stereocenters. The molecule has 0 amide bonds. The molecule has 1 aromatic carbocycles.